The number of carbonyl (C=O) groups is 1. The zero-order valence-corrected chi connectivity index (χ0v) is 6.84. The van der Waals surface area contributed by atoms with Crippen LogP contribution in [0.25, 0.3) is 10.4 Å². The van der Waals surface area contributed by atoms with Crippen molar-refractivity contribution in [3.8, 4) is 0 Å². The fraction of sp³-hybridized carbons (Fsp3) is 0.286. The lowest BCUT2D eigenvalue weighted by Gasteiger charge is -2.02. The van der Waals surface area contributed by atoms with Crippen molar-refractivity contribution in [1.29, 1.82) is 0 Å². The fourth-order valence-corrected chi connectivity index (χ4v) is 0.896. The Morgan fingerprint density at radius 2 is 2.54 bits per heavy atom. The highest BCUT2D eigenvalue weighted by atomic mass is 16.4. The summed E-state index contributed by atoms with van der Waals surface area (Å²) in [4.78, 5) is 13.1. The van der Waals surface area contributed by atoms with Gasteiger partial charge in [0.1, 0.15) is 0 Å². The van der Waals surface area contributed by atoms with Crippen LogP contribution >= 0.6 is 0 Å². The van der Waals surface area contributed by atoms with Crippen molar-refractivity contribution in [2.24, 2.45) is 5.11 Å². The molecular formula is C7H7N3O3. The molecule has 0 aliphatic heterocycles. The molecule has 0 aliphatic carbocycles. The molecule has 0 aliphatic rings. The van der Waals surface area contributed by atoms with Crippen molar-refractivity contribution in [3.05, 3.63) is 28.3 Å². The molecule has 0 bridgehead atoms. The van der Waals surface area contributed by atoms with E-state index in [9.17, 15) is 4.79 Å². The Hall–Kier alpha value is -1.94. The topological polar surface area (TPSA) is 99.2 Å². The molecule has 1 aromatic rings. The summed E-state index contributed by atoms with van der Waals surface area (Å²) >= 11 is 0. The minimum Gasteiger partial charge on any atom is -0.481 e. The number of carboxylic acid groups (broad SMARTS) is 1. The Balaban J connectivity index is 3.06. The molecular weight excluding hydrogens is 174 g/mol. The number of hydrogen-bond acceptors (Lipinski definition) is 3. The van der Waals surface area contributed by atoms with E-state index in [2.05, 4.69) is 10.0 Å². The van der Waals surface area contributed by atoms with E-state index in [1.165, 1.54) is 19.3 Å². The standard InChI is InChI=1S/C7H7N3O3/c1-4(7(11)12)5-2-3-13-6(5)9-10-8/h2-4H,1H3,(H,11,12)/t4-/m0/s1. The predicted octanol–water partition coefficient (Wildman–Crippen LogP) is 2.41. The van der Waals surface area contributed by atoms with Crippen molar-refractivity contribution < 1.29 is 14.3 Å². The van der Waals surface area contributed by atoms with Gasteiger partial charge in [-0.1, -0.05) is 0 Å². The van der Waals surface area contributed by atoms with Gasteiger partial charge in [-0.05, 0) is 23.6 Å². The van der Waals surface area contributed by atoms with Gasteiger partial charge in [-0.2, -0.15) is 0 Å². The van der Waals surface area contributed by atoms with Gasteiger partial charge in [0.2, 0.25) is 0 Å². The van der Waals surface area contributed by atoms with Gasteiger partial charge in [-0.3, -0.25) is 4.79 Å². The molecule has 6 heteroatoms. The molecule has 68 valence electrons. The minimum absolute atomic E-state index is 0.0115. The van der Waals surface area contributed by atoms with Crippen LogP contribution in [0, 0.1) is 0 Å². The largest absolute Gasteiger partial charge is 0.481 e. The van der Waals surface area contributed by atoms with Crippen LogP contribution in [0.5, 0.6) is 0 Å². The van der Waals surface area contributed by atoms with Crippen LogP contribution in [-0.2, 0) is 4.79 Å². The third-order valence-electron chi connectivity index (χ3n) is 1.65. The van der Waals surface area contributed by atoms with Crippen molar-refractivity contribution in [2.45, 2.75) is 12.8 Å². The van der Waals surface area contributed by atoms with Crippen molar-refractivity contribution in [3.63, 3.8) is 0 Å². The number of aliphatic carboxylic acids is 1. The van der Waals surface area contributed by atoms with Gasteiger partial charge in [0.05, 0.1) is 12.2 Å². The molecule has 1 heterocycles. The quantitative estimate of drug-likeness (QED) is 0.440. The molecule has 1 rings (SSSR count). The van der Waals surface area contributed by atoms with Crippen LogP contribution in [0.3, 0.4) is 0 Å². The number of rotatable bonds is 3. The Bertz CT molecular complexity index is 365. The first-order chi connectivity index (χ1) is 6.16. The summed E-state index contributed by atoms with van der Waals surface area (Å²) in [5.41, 5.74) is 8.51. The summed E-state index contributed by atoms with van der Waals surface area (Å²) in [5.74, 6) is -1.72. The van der Waals surface area contributed by atoms with Crippen molar-refractivity contribution >= 4 is 11.9 Å². The molecule has 0 radical (unpaired) electrons. The molecule has 0 fully saturated rings. The molecule has 1 N–H and O–H groups in total. The summed E-state index contributed by atoms with van der Waals surface area (Å²) in [6.07, 6.45) is 1.29. The molecule has 13 heavy (non-hydrogen) atoms. The van der Waals surface area contributed by atoms with Crippen LogP contribution in [0.15, 0.2) is 21.9 Å². The maximum absolute atomic E-state index is 10.6. The van der Waals surface area contributed by atoms with Crippen LogP contribution in [-0.4, -0.2) is 11.1 Å². The first kappa shape index (κ1) is 9.15. The lowest BCUT2D eigenvalue weighted by atomic mass is 10.0. The van der Waals surface area contributed by atoms with E-state index in [4.69, 9.17) is 15.1 Å². The zero-order valence-electron chi connectivity index (χ0n) is 6.84. The van der Waals surface area contributed by atoms with Gasteiger partial charge in [-0.15, -0.1) is 0 Å². The minimum atomic E-state index is -0.990. The smallest absolute Gasteiger partial charge is 0.310 e. The second-order valence-corrected chi connectivity index (χ2v) is 2.43. The van der Waals surface area contributed by atoms with Gasteiger partial charge in [0, 0.05) is 10.5 Å². The monoisotopic (exact) mass is 181 g/mol. The maximum atomic E-state index is 10.6. The molecule has 0 saturated carbocycles. The van der Waals surface area contributed by atoms with Crippen LogP contribution in [0.4, 0.5) is 5.88 Å². The molecule has 0 saturated heterocycles. The Morgan fingerprint density at radius 1 is 1.85 bits per heavy atom. The number of azide groups is 1. The normalized spacial score (nSPS) is 11.8. The molecule has 0 spiro atoms. The third kappa shape index (κ3) is 1.80. The van der Waals surface area contributed by atoms with Crippen LogP contribution in [0.2, 0.25) is 0 Å². The van der Waals surface area contributed by atoms with Crippen molar-refractivity contribution in [2.75, 3.05) is 0 Å². The molecule has 6 nitrogen and oxygen atoms in total. The predicted molar refractivity (Wildman–Crippen MR) is 43.6 cm³/mol. The van der Waals surface area contributed by atoms with E-state index in [0.29, 0.717) is 5.56 Å². The lowest BCUT2D eigenvalue weighted by Crippen LogP contribution is -2.06. The Kier molecular flexibility index (Phi) is 2.56. The SMILES string of the molecule is C[C@H](C(=O)O)c1ccoc1N=[N+]=[N-]. The lowest BCUT2D eigenvalue weighted by molar-refractivity contribution is -0.138. The third-order valence-corrected chi connectivity index (χ3v) is 1.65. The summed E-state index contributed by atoms with van der Waals surface area (Å²) in [6, 6.07) is 1.48. The number of nitrogens with zero attached hydrogens (tertiary/aromatic N) is 3. The Labute approximate surface area is 73.4 Å². The average Bonchev–Trinajstić information content (AvgIpc) is 2.52. The highest BCUT2D eigenvalue weighted by molar-refractivity contribution is 5.77. The van der Waals surface area contributed by atoms with E-state index in [1.807, 2.05) is 0 Å². The Morgan fingerprint density at radius 3 is 3.08 bits per heavy atom. The second-order valence-electron chi connectivity index (χ2n) is 2.43. The number of carboxylic acids is 1. The number of furan rings is 1. The first-order valence-corrected chi connectivity index (χ1v) is 3.52. The molecule has 0 aromatic carbocycles. The van der Waals surface area contributed by atoms with E-state index >= 15 is 0 Å². The average molecular weight is 181 g/mol. The van der Waals surface area contributed by atoms with E-state index in [1.54, 1.807) is 0 Å². The van der Waals surface area contributed by atoms with Gasteiger partial charge in [-0.25, -0.2) is 0 Å². The summed E-state index contributed by atoms with van der Waals surface area (Å²) < 4.78 is 4.79. The van der Waals surface area contributed by atoms with Crippen LogP contribution in [0.1, 0.15) is 18.4 Å². The summed E-state index contributed by atoms with van der Waals surface area (Å²) in [5, 5.41) is 11.9. The highest BCUT2D eigenvalue weighted by Crippen LogP contribution is 2.28. The van der Waals surface area contributed by atoms with Gasteiger partial charge >= 0.3 is 5.97 Å². The number of hydrogen-bond donors (Lipinski definition) is 1. The first-order valence-electron chi connectivity index (χ1n) is 3.52. The molecule has 1 aromatic heterocycles. The van der Waals surface area contributed by atoms with Gasteiger partial charge < -0.3 is 9.52 Å². The fourth-order valence-electron chi connectivity index (χ4n) is 0.896. The molecule has 1 atom stereocenters. The van der Waals surface area contributed by atoms with E-state index in [-0.39, 0.29) is 5.88 Å². The molecule has 0 amide bonds. The van der Waals surface area contributed by atoms with Gasteiger partial charge in [0.15, 0.2) is 5.88 Å². The van der Waals surface area contributed by atoms with Gasteiger partial charge in [0.25, 0.3) is 0 Å². The summed E-state index contributed by atoms with van der Waals surface area (Å²) in [7, 11) is 0. The highest BCUT2D eigenvalue weighted by Gasteiger charge is 2.18. The zero-order chi connectivity index (χ0) is 9.84. The molecule has 0 unspecified atom stereocenters. The van der Waals surface area contributed by atoms with E-state index < -0.39 is 11.9 Å². The summed E-state index contributed by atoms with van der Waals surface area (Å²) in [6.45, 7) is 1.49. The van der Waals surface area contributed by atoms with Crippen LogP contribution < -0.4 is 0 Å². The second kappa shape index (κ2) is 3.64. The maximum Gasteiger partial charge on any atom is 0.310 e. The van der Waals surface area contributed by atoms with E-state index in [0.717, 1.165) is 0 Å². The van der Waals surface area contributed by atoms with Crippen molar-refractivity contribution in [1.82, 2.24) is 0 Å².